The van der Waals surface area contributed by atoms with Crippen LogP contribution in [0.2, 0.25) is 0 Å². The number of ether oxygens (including phenoxy) is 1. The summed E-state index contributed by atoms with van der Waals surface area (Å²) in [7, 11) is 1.63. The minimum absolute atomic E-state index is 0.0370. The number of hydrogen-bond donors (Lipinski definition) is 1. The third-order valence-corrected chi connectivity index (χ3v) is 4.22. The summed E-state index contributed by atoms with van der Waals surface area (Å²) >= 11 is 0. The average Bonchev–Trinajstić information content (AvgIpc) is 2.59. The van der Waals surface area contributed by atoms with Crippen molar-refractivity contribution in [2.75, 3.05) is 12.0 Å². The quantitative estimate of drug-likeness (QED) is 0.883. The zero-order valence-electron chi connectivity index (χ0n) is 12.8. The van der Waals surface area contributed by atoms with Crippen LogP contribution < -0.4 is 15.4 Å². The first kappa shape index (κ1) is 14.6. The second-order valence-electron chi connectivity index (χ2n) is 5.47. The monoisotopic (exact) mass is 296 g/mol. The van der Waals surface area contributed by atoms with Crippen LogP contribution >= 0.6 is 0 Å². The van der Waals surface area contributed by atoms with Crippen molar-refractivity contribution < 1.29 is 9.53 Å². The Bertz CT molecular complexity index is 664. The Morgan fingerprint density at radius 1 is 1.09 bits per heavy atom. The minimum Gasteiger partial charge on any atom is -0.497 e. The molecule has 3 rings (SSSR count). The second kappa shape index (κ2) is 5.81. The molecular weight excluding hydrogens is 276 g/mol. The lowest BCUT2D eigenvalue weighted by molar-refractivity contribution is -0.126. The van der Waals surface area contributed by atoms with Gasteiger partial charge in [-0.2, -0.15) is 0 Å². The van der Waals surface area contributed by atoms with Crippen LogP contribution in [0.4, 0.5) is 5.69 Å². The van der Waals surface area contributed by atoms with Crippen molar-refractivity contribution >= 4 is 11.6 Å². The zero-order valence-corrected chi connectivity index (χ0v) is 12.8. The van der Waals surface area contributed by atoms with Gasteiger partial charge in [0.1, 0.15) is 11.8 Å². The lowest BCUT2D eigenvalue weighted by Crippen LogP contribution is -2.63. The molecule has 22 heavy (non-hydrogen) atoms. The Labute approximate surface area is 130 Å². The molecule has 1 heterocycles. The number of benzene rings is 2. The van der Waals surface area contributed by atoms with Gasteiger partial charge in [-0.25, -0.2) is 0 Å². The number of nitrogens with zero attached hydrogens (tertiary/aromatic N) is 1. The van der Waals surface area contributed by atoms with Crippen molar-refractivity contribution in [1.29, 1.82) is 0 Å². The van der Waals surface area contributed by atoms with Crippen LogP contribution in [0.1, 0.15) is 24.1 Å². The number of aryl methyl sites for hydroxylation is 1. The molecule has 1 aliphatic heterocycles. The predicted octanol–water partition coefficient (Wildman–Crippen LogP) is 2.67. The van der Waals surface area contributed by atoms with Gasteiger partial charge in [0.05, 0.1) is 13.2 Å². The molecule has 1 fully saturated rings. The van der Waals surface area contributed by atoms with Crippen LogP contribution in [-0.2, 0) is 11.2 Å². The second-order valence-corrected chi connectivity index (χ2v) is 5.47. The molecule has 0 spiro atoms. The third-order valence-electron chi connectivity index (χ3n) is 4.22. The van der Waals surface area contributed by atoms with E-state index >= 15 is 0 Å². The molecule has 1 aliphatic rings. The Morgan fingerprint density at radius 2 is 1.73 bits per heavy atom. The van der Waals surface area contributed by atoms with Crippen LogP contribution in [-0.4, -0.2) is 19.1 Å². The van der Waals surface area contributed by atoms with E-state index in [0.717, 1.165) is 23.4 Å². The number of rotatable bonds is 4. The summed E-state index contributed by atoms with van der Waals surface area (Å²) in [6, 6.07) is 15.2. The van der Waals surface area contributed by atoms with E-state index in [2.05, 4.69) is 19.1 Å². The molecule has 0 radical (unpaired) electrons. The number of carbonyl (C=O) groups excluding carboxylic acids is 1. The first-order chi connectivity index (χ1) is 10.7. The lowest BCUT2D eigenvalue weighted by Gasteiger charge is -2.45. The molecule has 0 aromatic heterocycles. The smallest absolute Gasteiger partial charge is 0.247 e. The van der Waals surface area contributed by atoms with E-state index in [1.54, 1.807) is 12.0 Å². The molecule has 114 valence electrons. The van der Waals surface area contributed by atoms with E-state index in [0.29, 0.717) is 0 Å². The van der Waals surface area contributed by atoms with Gasteiger partial charge in [0.15, 0.2) is 0 Å². The number of methoxy groups -OCH3 is 1. The number of hydrogen-bond acceptors (Lipinski definition) is 3. The maximum absolute atomic E-state index is 12.2. The van der Waals surface area contributed by atoms with Crippen molar-refractivity contribution in [3.05, 3.63) is 59.7 Å². The molecule has 2 aromatic rings. The van der Waals surface area contributed by atoms with Crippen molar-refractivity contribution in [3.63, 3.8) is 0 Å². The maximum Gasteiger partial charge on any atom is 0.247 e. The summed E-state index contributed by atoms with van der Waals surface area (Å²) in [5.41, 5.74) is 9.20. The standard InChI is InChI=1S/C18H20N2O2/c1-3-12-4-8-14(9-5-12)20-17(16(19)18(20)21)13-6-10-15(22-2)11-7-13/h4-11,16-17H,3,19H2,1-2H3/t16-,17-/m0/s1. The highest BCUT2D eigenvalue weighted by atomic mass is 16.5. The fraction of sp³-hybridized carbons (Fsp3) is 0.278. The van der Waals surface area contributed by atoms with Gasteiger partial charge in [-0.15, -0.1) is 0 Å². The number of nitrogens with two attached hydrogens (primary N) is 1. The first-order valence-corrected chi connectivity index (χ1v) is 7.47. The maximum atomic E-state index is 12.2. The Kier molecular flexibility index (Phi) is 3.86. The SMILES string of the molecule is CCc1ccc(N2C(=O)[C@@H](N)[C@@H]2c2ccc(OC)cc2)cc1. The van der Waals surface area contributed by atoms with Gasteiger partial charge in [0, 0.05) is 5.69 Å². The summed E-state index contributed by atoms with van der Waals surface area (Å²) in [5, 5.41) is 0. The summed E-state index contributed by atoms with van der Waals surface area (Å²) in [6.45, 7) is 2.11. The minimum atomic E-state index is -0.487. The van der Waals surface area contributed by atoms with Crippen LogP contribution in [0.15, 0.2) is 48.5 Å². The first-order valence-electron chi connectivity index (χ1n) is 7.47. The molecule has 2 atom stereocenters. The normalized spacial score (nSPS) is 20.7. The molecule has 4 heteroatoms. The Hall–Kier alpha value is -2.33. The van der Waals surface area contributed by atoms with Crippen molar-refractivity contribution in [1.82, 2.24) is 0 Å². The molecule has 1 amide bonds. The summed E-state index contributed by atoms with van der Waals surface area (Å²) < 4.78 is 5.17. The van der Waals surface area contributed by atoms with Crippen molar-refractivity contribution in [2.24, 2.45) is 5.73 Å². The average molecular weight is 296 g/mol. The molecule has 0 saturated carbocycles. The van der Waals surface area contributed by atoms with Gasteiger partial charge in [-0.05, 0) is 41.8 Å². The summed E-state index contributed by atoms with van der Waals surface area (Å²) in [6.07, 6.45) is 0.982. The van der Waals surface area contributed by atoms with E-state index < -0.39 is 6.04 Å². The molecule has 2 aromatic carbocycles. The van der Waals surface area contributed by atoms with Gasteiger partial charge >= 0.3 is 0 Å². The van der Waals surface area contributed by atoms with Crippen LogP contribution in [0.3, 0.4) is 0 Å². The zero-order chi connectivity index (χ0) is 15.7. The summed E-state index contributed by atoms with van der Waals surface area (Å²) in [4.78, 5) is 14.0. The van der Waals surface area contributed by atoms with Gasteiger partial charge in [-0.1, -0.05) is 31.2 Å². The van der Waals surface area contributed by atoms with Gasteiger partial charge in [0.2, 0.25) is 5.91 Å². The molecule has 0 aliphatic carbocycles. The lowest BCUT2D eigenvalue weighted by atomic mass is 9.88. The number of β-lactam (4-membered cyclic amide) rings is 1. The number of anilines is 1. The van der Waals surface area contributed by atoms with E-state index in [1.807, 2.05) is 36.4 Å². The fourth-order valence-corrected chi connectivity index (χ4v) is 2.85. The molecule has 2 N–H and O–H groups in total. The highest BCUT2D eigenvalue weighted by Gasteiger charge is 2.46. The molecule has 0 bridgehead atoms. The van der Waals surface area contributed by atoms with Crippen LogP contribution in [0, 0.1) is 0 Å². The van der Waals surface area contributed by atoms with Gasteiger partial charge in [-0.3, -0.25) is 4.79 Å². The van der Waals surface area contributed by atoms with E-state index in [9.17, 15) is 4.79 Å². The van der Waals surface area contributed by atoms with E-state index in [-0.39, 0.29) is 11.9 Å². The van der Waals surface area contributed by atoms with Crippen LogP contribution in [0.5, 0.6) is 5.75 Å². The van der Waals surface area contributed by atoms with Crippen molar-refractivity contribution in [3.8, 4) is 5.75 Å². The highest BCUT2D eigenvalue weighted by molar-refractivity contribution is 6.05. The topological polar surface area (TPSA) is 55.6 Å². The highest BCUT2D eigenvalue weighted by Crippen LogP contribution is 2.38. The summed E-state index contributed by atoms with van der Waals surface area (Å²) in [5.74, 6) is 0.756. The molecule has 0 unspecified atom stereocenters. The fourth-order valence-electron chi connectivity index (χ4n) is 2.85. The largest absolute Gasteiger partial charge is 0.497 e. The van der Waals surface area contributed by atoms with Gasteiger partial charge < -0.3 is 15.4 Å². The Morgan fingerprint density at radius 3 is 2.27 bits per heavy atom. The molecule has 4 nitrogen and oxygen atoms in total. The predicted molar refractivity (Wildman–Crippen MR) is 87.0 cm³/mol. The van der Waals surface area contributed by atoms with E-state index in [1.165, 1.54) is 5.56 Å². The molecular formula is C18H20N2O2. The van der Waals surface area contributed by atoms with E-state index in [4.69, 9.17) is 10.5 Å². The van der Waals surface area contributed by atoms with Gasteiger partial charge in [0.25, 0.3) is 0 Å². The number of amides is 1. The van der Waals surface area contributed by atoms with Crippen LogP contribution in [0.25, 0.3) is 0 Å². The Balaban J connectivity index is 1.89. The third kappa shape index (κ3) is 2.35. The van der Waals surface area contributed by atoms with Crippen molar-refractivity contribution in [2.45, 2.75) is 25.4 Å². The number of carbonyl (C=O) groups is 1. The molecule has 1 saturated heterocycles.